The van der Waals surface area contributed by atoms with E-state index < -0.39 is 0 Å². The van der Waals surface area contributed by atoms with Crippen LogP contribution in [0.3, 0.4) is 0 Å². The van der Waals surface area contributed by atoms with E-state index in [0.717, 1.165) is 12.8 Å². The van der Waals surface area contributed by atoms with E-state index in [9.17, 15) is 4.79 Å². The Balaban J connectivity index is 0.000000640. The van der Waals surface area contributed by atoms with Crippen molar-refractivity contribution in [2.45, 2.75) is 12.8 Å². The van der Waals surface area contributed by atoms with E-state index in [1.54, 1.807) is 0 Å². The van der Waals surface area contributed by atoms with Crippen LogP contribution in [-0.4, -0.2) is 12.5 Å². The Kier molecular flexibility index (Phi) is 2.46. The highest BCUT2D eigenvalue weighted by Gasteiger charge is 2.46. The summed E-state index contributed by atoms with van der Waals surface area (Å²) in [5.74, 6) is -0.236. The van der Waals surface area contributed by atoms with Crippen molar-refractivity contribution < 1.29 is 4.79 Å². The molecule has 1 saturated carbocycles. The number of carbonyl (C=O) groups excluding carboxylic acids is 1. The molecule has 0 unspecified atom stereocenters. The maximum Gasteiger partial charge on any atom is 0.224 e. The molecule has 54 valence electrons. The zero-order chi connectivity index (χ0) is 6.20. The van der Waals surface area contributed by atoms with Crippen molar-refractivity contribution in [2.75, 3.05) is 6.54 Å². The van der Waals surface area contributed by atoms with Gasteiger partial charge < -0.3 is 11.5 Å². The van der Waals surface area contributed by atoms with Crippen LogP contribution in [0.15, 0.2) is 0 Å². The largest absolute Gasteiger partial charge is 0.369 e. The number of halogens is 1. The summed E-state index contributed by atoms with van der Waals surface area (Å²) in [6.45, 7) is 0.419. The number of hydrogen-bond acceptors (Lipinski definition) is 2. The normalized spacial score (nSPS) is 20.1. The van der Waals surface area contributed by atoms with Gasteiger partial charge in [0.15, 0.2) is 0 Å². The van der Waals surface area contributed by atoms with Gasteiger partial charge in [0.25, 0.3) is 0 Å². The van der Waals surface area contributed by atoms with Gasteiger partial charge >= 0.3 is 0 Å². The lowest BCUT2D eigenvalue weighted by molar-refractivity contribution is -0.122. The Morgan fingerprint density at radius 2 is 2.00 bits per heavy atom. The number of rotatable bonds is 2. The van der Waals surface area contributed by atoms with Gasteiger partial charge in [-0.1, -0.05) is 0 Å². The Morgan fingerprint density at radius 3 is 2.00 bits per heavy atom. The quantitative estimate of drug-likeness (QED) is 0.564. The molecule has 0 saturated heterocycles. The van der Waals surface area contributed by atoms with Gasteiger partial charge in [0.2, 0.25) is 5.91 Å². The van der Waals surface area contributed by atoms with Crippen molar-refractivity contribution >= 4 is 18.3 Å². The van der Waals surface area contributed by atoms with Crippen molar-refractivity contribution in [3.8, 4) is 0 Å². The third-order valence-electron chi connectivity index (χ3n) is 1.77. The molecule has 1 aliphatic rings. The molecule has 1 fully saturated rings. The van der Waals surface area contributed by atoms with Crippen molar-refractivity contribution in [1.82, 2.24) is 0 Å². The summed E-state index contributed by atoms with van der Waals surface area (Å²) in [5.41, 5.74) is 10.0. The average Bonchev–Trinajstić information content (AvgIpc) is 2.44. The van der Waals surface area contributed by atoms with Crippen LogP contribution in [0.5, 0.6) is 0 Å². The van der Waals surface area contributed by atoms with Crippen molar-refractivity contribution in [3.05, 3.63) is 0 Å². The number of nitrogens with two attached hydrogens (primary N) is 2. The fraction of sp³-hybridized carbons (Fsp3) is 0.800. The van der Waals surface area contributed by atoms with Crippen molar-refractivity contribution in [1.29, 1.82) is 0 Å². The van der Waals surface area contributed by atoms with E-state index in [0.29, 0.717) is 6.54 Å². The Bertz CT molecular complexity index is 122. The molecule has 9 heavy (non-hydrogen) atoms. The molecule has 0 bridgehead atoms. The molecule has 0 aliphatic heterocycles. The zero-order valence-corrected chi connectivity index (χ0v) is 5.91. The summed E-state index contributed by atoms with van der Waals surface area (Å²) in [6.07, 6.45) is 1.78. The lowest BCUT2D eigenvalue weighted by atomic mass is 10.1. The lowest BCUT2D eigenvalue weighted by Gasteiger charge is -2.03. The smallest absolute Gasteiger partial charge is 0.224 e. The van der Waals surface area contributed by atoms with Gasteiger partial charge in [0.05, 0.1) is 5.41 Å². The van der Waals surface area contributed by atoms with Crippen LogP contribution in [-0.2, 0) is 4.79 Å². The molecule has 0 aromatic carbocycles. The molecule has 0 aromatic rings. The van der Waals surface area contributed by atoms with Gasteiger partial charge in [-0.15, -0.1) is 12.4 Å². The molecule has 0 radical (unpaired) electrons. The third-order valence-corrected chi connectivity index (χ3v) is 1.77. The fourth-order valence-corrected chi connectivity index (χ4v) is 0.702. The summed E-state index contributed by atoms with van der Waals surface area (Å²) >= 11 is 0. The highest BCUT2D eigenvalue weighted by molar-refractivity contribution is 5.85. The summed E-state index contributed by atoms with van der Waals surface area (Å²) in [5, 5.41) is 0. The maximum absolute atomic E-state index is 10.5. The molecule has 4 heteroatoms. The van der Waals surface area contributed by atoms with Crippen LogP contribution in [0.25, 0.3) is 0 Å². The van der Waals surface area contributed by atoms with Crippen LogP contribution in [0.2, 0.25) is 0 Å². The second-order valence-corrected chi connectivity index (χ2v) is 2.35. The lowest BCUT2D eigenvalue weighted by Crippen LogP contribution is -2.31. The zero-order valence-electron chi connectivity index (χ0n) is 5.09. The number of primary amides is 1. The van der Waals surface area contributed by atoms with Gasteiger partial charge in [-0.05, 0) is 12.8 Å². The first kappa shape index (κ1) is 8.72. The topological polar surface area (TPSA) is 69.1 Å². The van der Waals surface area contributed by atoms with E-state index in [1.165, 1.54) is 0 Å². The van der Waals surface area contributed by atoms with Crippen LogP contribution in [0, 0.1) is 5.41 Å². The highest BCUT2D eigenvalue weighted by atomic mass is 35.5. The SMILES string of the molecule is Cl.NCC1(C(N)=O)CC1. The van der Waals surface area contributed by atoms with E-state index >= 15 is 0 Å². The van der Waals surface area contributed by atoms with Crippen molar-refractivity contribution in [2.24, 2.45) is 16.9 Å². The first-order chi connectivity index (χ1) is 3.71. The summed E-state index contributed by atoms with van der Waals surface area (Å²) < 4.78 is 0. The van der Waals surface area contributed by atoms with Crippen LogP contribution >= 0.6 is 12.4 Å². The minimum Gasteiger partial charge on any atom is -0.369 e. The van der Waals surface area contributed by atoms with Gasteiger partial charge in [-0.25, -0.2) is 0 Å². The van der Waals surface area contributed by atoms with Gasteiger partial charge in [0.1, 0.15) is 0 Å². The number of hydrogen-bond donors (Lipinski definition) is 2. The highest BCUT2D eigenvalue weighted by Crippen LogP contribution is 2.43. The first-order valence-electron chi connectivity index (χ1n) is 2.71. The standard InChI is InChI=1S/C5H10N2O.ClH/c6-3-5(1-2-5)4(7)8;/h1-3,6H2,(H2,7,8);1H. The van der Waals surface area contributed by atoms with Crippen LogP contribution < -0.4 is 11.5 Å². The van der Waals surface area contributed by atoms with E-state index in [2.05, 4.69) is 0 Å². The molecule has 0 aromatic heterocycles. The molecule has 0 atom stereocenters. The predicted octanol–water partition coefficient (Wildman–Crippen LogP) is -0.368. The maximum atomic E-state index is 10.5. The molecule has 0 heterocycles. The second kappa shape index (κ2) is 2.54. The molecule has 1 amide bonds. The summed E-state index contributed by atoms with van der Waals surface area (Å²) in [4.78, 5) is 10.5. The van der Waals surface area contributed by atoms with Gasteiger partial charge in [-0.2, -0.15) is 0 Å². The van der Waals surface area contributed by atoms with E-state index in [4.69, 9.17) is 11.5 Å². The Morgan fingerprint density at radius 1 is 1.56 bits per heavy atom. The molecule has 1 rings (SSSR count). The molecular formula is C5H11ClN2O. The van der Waals surface area contributed by atoms with E-state index in [-0.39, 0.29) is 23.7 Å². The third kappa shape index (κ3) is 1.34. The minimum atomic E-state index is -0.292. The first-order valence-corrected chi connectivity index (χ1v) is 2.71. The van der Waals surface area contributed by atoms with Gasteiger partial charge in [-0.3, -0.25) is 4.79 Å². The predicted molar refractivity (Wildman–Crippen MR) is 37.2 cm³/mol. The molecule has 1 aliphatic carbocycles. The van der Waals surface area contributed by atoms with Gasteiger partial charge in [0, 0.05) is 6.54 Å². The minimum absolute atomic E-state index is 0. The average molecular weight is 151 g/mol. The number of amides is 1. The summed E-state index contributed by atoms with van der Waals surface area (Å²) in [6, 6.07) is 0. The molecule has 0 spiro atoms. The van der Waals surface area contributed by atoms with E-state index in [1.807, 2.05) is 0 Å². The fourth-order valence-electron chi connectivity index (χ4n) is 0.702. The molecular weight excluding hydrogens is 140 g/mol. The molecule has 4 N–H and O–H groups in total. The monoisotopic (exact) mass is 150 g/mol. The van der Waals surface area contributed by atoms with Crippen LogP contribution in [0.4, 0.5) is 0 Å². The van der Waals surface area contributed by atoms with Crippen molar-refractivity contribution in [3.63, 3.8) is 0 Å². The van der Waals surface area contributed by atoms with Crippen LogP contribution in [0.1, 0.15) is 12.8 Å². The summed E-state index contributed by atoms with van der Waals surface area (Å²) in [7, 11) is 0. The Labute approximate surface area is 60.2 Å². The molecule has 3 nitrogen and oxygen atoms in total. The Hall–Kier alpha value is -0.280. The second-order valence-electron chi connectivity index (χ2n) is 2.35. The number of carbonyl (C=O) groups is 1.